The number of cyclic esters (lactones) is 2. The highest BCUT2D eigenvalue weighted by Gasteiger charge is 2.43. The Morgan fingerprint density at radius 2 is 0.889 bits per heavy atom. The maximum atomic E-state index is 13.9. The highest BCUT2D eigenvalue weighted by atomic mass is 16.6. The van der Waals surface area contributed by atoms with E-state index in [1.807, 2.05) is 78.8 Å². The predicted molar refractivity (Wildman–Crippen MR) is 379 cm³/mol. The van der Waals surface area contributed by atoms with Crippen LogP contribution < -0.4 is 0 Å². The molecule has 31 atom stereocenters. The summed E-state index contributed by atoms with van der Waals surface area (Å²) in [6, 6.07) is 0. The van der Waals surface area contributed by atoms with Gasteiger partial charge in [0.15, 0.2) is 0 Å². The molecule has 570 valence electrons. The van der Waals surface area contributed by atoms with Gasteiger partial charge in [-0.1, -0.05) is 115 Å². The molecule has 0 spiro atoms. The minimum atomic E-state index is -1.22. The number of carbonyl (C=O) groups is 2. The van der Waals surface area contributed by atoms with E-state index in [0.29, 0.717) is 62.5 Å². The molecule has 5 heterocycles. The molecule has 99 heavy (non-hydrogen) atoms. The number of hydrogen-bond donors (Lipinski definition) is 9. The van der Waals surface area contributed by atoms with Crippen LogP contribution in [0.25, 0.3) is 0 Å². The maximum Gasteiger partial charge on any atom is 0.331 e. The van der Waals surface area contributed by atoms with E-state index >= 15 is 0 Å². The van der Waals surface area contributed by atoms with Gasteiger partial charge in [0.25, 0.3) is 0 Å². The van der Waals surface area contributed by atoms with Crippen LogP contribution in [0.15, 0.2) is 71.9 Å². The van der Waals surface area contributed by atoms with E-state index in [9.17, 15) is 55.5 Å². The number of aliphatic hydroxyl groups excluding tert-OH is 9. The van der Waals surface area contributed by atoms with Crippen LogP contribution >= 0.6 is 0 Å². The Bertz CT molecular complexity index is 2520. The Labute approximate surface area is 592 Å². The zero-order valence-corrected chi connectivity index (χ0v) is 62.6. The Hall–Kier alpha value is -3.30. The molecule has 0 aromatic carbocycles. The first-order valence-electron chi connectivity index (χ1n) is 37.1. The smallest absolute Gasteiger partial charge is 0.331 e. The average Bonchev–Trinajstić information content (AvgIpc) is 0.855. The van der Waals surface area contributed by atoms with E-state index in [-0.39, 0.29) is 93.6 Å². The fraction of sp³-hybridized carbons (Fsp3) is 0.821. The number of esters is 2. The van der Waals surface area contributed by atoms with Crippen LogP contribution in [-0.2, 0) is 57.0 Å². The lowest BCUT2D eigenvalue weighted by Gasteiger charge is -2.39. The van der Waals surface area contributed by atoms with Crippen LogP contribution in [-0.4, -0.2) is 227 Å². The molecule has 5 aliphatic heterocycles. The summed E-state index contributed by atoms with van der Waals surface area (Å²) in [5, 5.41) is 106. The monoisotopic (exact) mass is 1400 g/mol. The van der Waals surface area contributed by atoms with Crippen molar-refractivity contribution in [3.63, 3.8) is 0 Å². The summed E-state index contributed by atoms with van der Waals surface area (Å²) in [7, 11) is 6.48. The number of allylic oxidation sites excluding steroid dienone is 4. The number of hydrogen-bond acceptors (Lipinski definition) is 21. The van der Waals surface area contributed by atoms with Crippen molar-refractivity contribution >= 4 is 11.9 Å². The largest absolute Gasteiger partial charge is 0.458 e. The van der Waals surface area contributed by atoms with Gasteiger partial charge in [0.1, 0.15) is 12.2 Å². The van der Waals surface area contributed by atoms with Gasteiger partial charge in [-0.3, -0.25) is 0 Å². The second-order valence-corrected chi connectivity index (χ2v) is 30.5. The van der Waals surface area contributed by atoms with Gasteiger partial charge in [-0.25, -0.2) is 9.59 Å². The second-order valence-electron chi connectivity index (χ2n) is 30.5. The molecular formula is C78H132O21. The number of methoxy groups -OCH3 is 4. The molecule has 9 N–H and O–H groups in total. The lowest BCUT2D eigenvalue weighted by Crippen LogP contribution is -2.47. The topological polar surface area (TPSA) is 309 Å². The summed E-state index contributed by atoms with van der Waals surface area (Å²) < 4.78 is 61.1. The van der Waals surface area contributed by atoms with Crippen molar-refractivity contribution in [1.82, 2.24) is 0 Å². The Balaban J connectivity index is 1.37. The van der Waals surface area contributed by atoms with Gasteiger partial charge in [0, 0.05) is 108 Å². The second kappa shape index (κ2) is 43.2. The van der Waals surface area contributed by atoms with Crippen molar-refractivity contribution in [2.75, 3.05) is 28.4 Å². The van der Waals surface area contributed by atoms with Gasteiger partial charge < -0.3 is 93.3 Å². The minimum absolute atomic E-state index is 0.0334. The summed E-state index contributed by atoms with van der Waals surface area (Å²) in [5.74, 6) is -6.08. The van der Waals surface area contributed by atoms with Crippen molar-refractivity contribution in [3.05, 3.63) is 71.9 Å². The number of rotatable bonds is 16. The summed E-state index contributed by atoms with van der Waals surface area (Å²) in [4.78, 5) is 27.8. The minimum Gasteiger partial charge on any atom is -0.458 e. The SMILES string of the molecule is CO[C@@H]1C[C@H](C)O[C@@H](C(O)C[C@H](C)[C@H](O)[C@H](C)[C@H]2OC(=O)/C=C/C(C)=C/C[C@H](O)C[C@@H]3C=CC[C@@H](C[C@H](OC)[C@@H](C)[C@@H](O)C[C@@H](O)[C@H](C)[C@@H]([C@@H](C)[C@@H](O)[C@@H](C)CC[C@H]4C[C@H](OC)C[C@H](C)O4)OC(=O)/C=C/C(C)=C/C[C@H](O)C[C@@H]4C=CC[C@@H](C[C@H](OC)[C@@H](C)[C@@H](O)C[C@@H](O)[C@@H]2C)O4)O3)C1. The van der Waals surface area contributed by atoms with Crippen LogP contribution in [0, 0.1) is 47.3 Å². The third kappa shape index (κ3) is 28.3. The fourth-order valence-electron chi connectivity index (χ4n) is 15.4. The molecule has 0 radical (unpaired) electrons. The van der Waals surface area contributed by atoms with Crippen LogP contribution in [0.1, 0.15) is 192 Å². The molecule has 21 nitrogen and oxygen atoms in total. The van der Waals surface area contributed by atoms with Crippen LogP contribution in [0.4, 0.5) is 0 Å². The molecule has 4 bridgehead atoms. The quantitative estimate of drug-likeness (QED) is 0.0514. The average molecular weight is 1410 g/mol. The molecule has 5 rings (SSSR count). The number of carbonyl (C=O) groups excluding carboxylic acids is 2. The molecule has 0 aromatic rings. The number of fused-ring (bicyclic) bond motifs is 4. The Morgan fingerprint density at radius 3 is 1.32 bits per heavy atom. The van der Waals surface area contributed by atoms with Gasteiger partial charge in [-0.2, -0.15) is 0 Å². The van der Waals surface area contributed by atoms with Gasteiger partial charge >= 0.3 is 11.9 Å². The lowest BCUT2D eigenvalue weighted by molar-refractivity contribution is -0.160. The first kappa shape index (κ1) is 86.3. The molecule has 1 unspecified atom stereocenters. The first-order chi connectivity index (χ1) is 46.8. The van der Waals surface area contributed by atoms with E-state index in [4.69, 9.17) is 47.4 Å². The standard InChI is InChI=1S/C78H132O21/c1-44-23-28-56(79)36-58-20-18-22-61(97-58)40-71(93-16)51(8)66(82)43-68(84)53(10)78(55(12)76(89)47(4)33-69(85)72-41-64(91-14)35-49(6)95-72)99-74(87)32-26-45(2)24-29-57(80)37-59-19-17-21-60(96-59)39-70(92-15)50(7)65(81)42-67(83)52(9)77(98-73(86)31-25-44)54(11)75(88)46(3)27-30-62-38-63(90-13)34-48(5)94-62/h17-20,23-26,31-32,46-72,75-85,88-89H,21-22,27-30,33-43H2,1-16H3/b31-25+,32-26+,44-23+,45-24+/t46-,47-,48-,49-,50-,51-,52-,53-,54-,55-,56-,57-,58-,59-,60-,61-,62-,63+,64+,65-,66-,67+,68+,69?,70-,71-,72+,75-,76-,77-,78-/m0/s1. The molecule has 0 amide bonds. The van der Waals surface area contributed by atoms with Crippen molar-refractivity contribution in [1.29, 1.82) is 0 Å². The summed E-state index contributed by atoms with van der Waals surface area (Å²) >= 11 is 0. The van der Waals surface area contributed by atoms with Crippen molar-refractivity contribution in [2.24, 2.45) is 47.3 Å². The molecule has 5 aliphatic rings. The molecule has 0 aromatic heterocycles. The third-order valence-electron chi connectivity index (χ3n) is 22.3. The van der Waals surface area contributed by atoms with Crippen molar-refractivity contribution in [2.45, 2.75) is 333 Å². The third-order valence-corrected chi connectivity index (χ3v) is 22.3. The van der Waals surface area contributed by atoms with Crippen LogP contribution in [0.5, 0.6) is 0 Å². The molecule has 2 fully saturated rings. The maximum absolute atomic E-state index is 13.9. The van der Waals surface area contributed by atoms with Gasteiger partial charge in [0.05, 0.1) is 128 Å². The lowest BCUT2D eigenvalue weighted by atomic mass is 9.78. The molecule has 0 aliphatic carbocycles. The van der Waals surface area contributed by atoms with E-state index in [0.717, 1.165) is 12.8 Å². The number of ether oxygens (including phenoxy) is 10. The van der Waals surface area contributed by atoms with E-state index < -0.39 is 151 Å². The molecule has 2 saturated heterocycles. The zero-order valence-electron chi connectivity index (χ0n) is 62.6. The fourth-order valence-corrected chi connectivity index (χ4v) is 15.4. The molecule has 0 saturated carbocycles. The summed E-state index contributed by atoms with van der Waals surface area (Å²) in [6.07, 6.45) is 9.95. The molecular weight excluding hydrogens is 1270 g/mol. The summed E-state index contributed by atoms with van der Waals surface area (Å²) in [5.41, 5.74) is 1.35. The van der Waals surface area contributed by atoms with E-state index in [1.165, 1.54) is 12.2 Å². The first-order valence-corrected chi connectivity index (χ1v) is 37.1. The van der Waals surface area contributed by atoms with Gasteiger partial charge in [-0.05, 0) is 117 Å². The van der Waals surface area contributed by atoms with E-state index in [2.05, 4.69) is 0 Å². The normalized spacial score (nSPS) is 41.1. The zero-order chi connectivity index (χ0) is 73.4. The molecule has 21 heteroatoms. The van der Waals surface area contributed by atoms with E-state index in [1.54, 1.807) is 81.3 Å². The van der Waals surface area contributed by atoms with Crippen molar-refractivity contribution < 1.29 is 103 Å². The highest BCUT2D eigenvalue weighted by Crippen LogP contribution is 2.37. The Kier molecular flexibility index (Phi) is 37.7. The number of aliphatic hydroxyl groups is 9. The predicted octanol–water partition coefficient (Wildman–Crippen LogP) is 9.08. The van der Waals surface area contributed by atoms with Gasteiger partial charge in [0.2, 0.25) is 0 Å². The van der Waals surface area contributed by atoms with Crippen LogP contribution in [0.3, 0.4) is 0 Å². The van der Waals surface area contributed by atoms with Crippen LogP contribution in [0.2, 0.25) is 0 Å². The van der Waals surface area contributed by atoms with Crippen molar-refractivity contribution in [3.8, 4) is 0 Å². The highest BCUT2D eigenvalue weighted by molar-refractivity contribution is 5.83. The van der Waals surface area contributed by atoms with Gasteiger partial charge in [-0.15, -0.1) is 0 Å². The summed E-state index contributed by atoms with van der Waals surface area (Å²) in [6.45, 7) is 22.1. The Morgan fingerprint density at radius 1 is 0.475 bits per heavy atom.